The second kappa shape index (κ2) is 7.29. The van der Waals surface area contributed by atoms with Gasteiger partial charge >= 0.3 is 0 Å². The molecule has 0 aliphatic carbocycles. The van der Waals surface area contributed by atoms with E-state index in [0.717, 1.165) is 29.0 Å². The smallest absolute Gasteiger partial charge is 0.292 e. The van der Waals surface area contributed by atoms with Gasteiger partial charge in [0.05, 0.1) is 23.8 Å². The quantitative estimate of drug-likeness (QED) is 0.491. The van der Waals surface area contributed by atoms with Crippen molar-refractivity contribution in [3.8, 4) is 17.0 Å². The molecular formula is C16H12FN3O5S2. The summed E-state index contributed by atoms with van der Waals surface area (Å²) in [6.07, 6.45) is 0. The van der Waals surface area contributed by atoms with Crippen LogP contribution in [0, 0.1) is 15.9 Å². The fraction of sp³-hybridized carbons (Fsp3) is 0.0625. The number of aromatic nitrogens is 1. The Bertz CT molecular complexity index is 1100. The van der Waals surface area contributed by atoms with Crippen molar-refractivity contribution >= 4 is 32.2 Å². The zero-order valence-corrected chi connectivity index (χ0v) is 15.4. The standard InChI is InChI=1S/C16H12FN3O5S2/c1-25-12-5-2-10(3-6-12)13-9-26-16(18-13)19-27(23,24)15-7-4-11(17)8-14(15)20(21)22/h2-9H,1H3,(H,18,19). The molecule has 1 aromatic heterocycles. The first-order valence-electron chi connectivity index (χ1n) is 7.37. The zero-order valence-electron chi connectivity index (χ0n) is 13.7. The van der Waals surface area contributed by atoms with E-state index in [1.165, 1.54) is 0 Å². The molecule has 0 unspecified atom stereocenters. The zero-order chi connectivity index (χ0) is 19.6. The third-order valence-electron chi connectivity index (χ3n) is 3.52. The van der Waals surface area contributed by atoms with E-state index in [4.69, 9.17) is 4.74 Å². The number of halogens is 1. The molecule has 3 aromatic rings. The van der Waals surface area contributed by atoms with Crippen molar-refractivity contribution in [1.29, 1.82) is 0 Å². The molecule has 3 rings (SSSR count). The van der Waals surface area contributed by atoms with Crippen LogP contribution in [0.3, 0.4) is 0 Å². The summed E-state index contributed by atoms with van der Waals surface area (Å²) in [4.78, 5) is 13.6. The van der Waals surface area contributed by atoms with Gasteiger partial charge < -0.3 is 4.74 Å². The number of thiazole rings is 1. The van der Waals surface area contributed by atoms with Crippen LogP contribution < -0.4 is 9.46 Å². The lowest BCUT2D eigenvalue weighted by Gasteiger charge is -2.06. The topological polar surface area (TPSA) is 111 Å². The molecule has 1 N–H and O–H groups in total. The van der Waals surface area contributed by atoms with Crippen LogP contribution in [0.15, 0.2) is 52.7 Å². The SMILES string of the molecule is COc1ccc(-c2csc(NS(=O)(=O)c3ccc(F)cc3[N+](=O)[O-])n2)cc1. The van der Waals surface area contributed by atoms with Gasteiger partial charge in [-0.1, -0.05) is 0 Å². The van der Waals surface area contributed by atoms with Crippen molar-refractivity contribution in [2.24, 2.45) is 0 Å². The summed E-state index contributed by atoms with van der Waals surface area (Å²) in [5, 5.41) is 12.7. The summed E-state index contributed by atoms with van der Waals surface area (Å²) in [7, 11) is -2.77. The number of benzene rings is 2. The first-order valence-corrected chi connectivity index (χ1v) is 9.73. The number of hydrogen-bond acceptors (Lipinski definition) is 7. The number of ether oxygens (including phenoxy) is 1. The highest BCUT2D eigenvalue weighted by atomic mass is 32.2. The van der Waals surface area contributed by atoms with Crippen LogP contribution in [0.1, 0.15) is 0 Å². The molecule has 27 heavy (non-hydrogen) atoms. The van der Waals surface area contributed by atoms with Gasteiger partial charge in [-0.05, 0) is 36.4 Å². The number of nitrogens with one attached hydrogen (secondary N) is 1. The minimum Gasteiger partial charge on any atom is -0.497 e. The Labute approximate surface area is 157 Å². The largest absolute Gasteiger partial charge is 0.497 e. The van der Waals surface area contributed by atoms with Crippen LogP contribution in [0.25, 0.3) is 11.3 Å². The van der Waals surface area contributed by atoms with Crippen molar-refractivity contribution < 1.29 is 22.5 Å². The predicted octanol–water partition coefficient (Wildman–Crippen LogP) is 3.67. The van der Waals surface area contributed by atoms with Crippen LogP contribution in [-0.4, -0.2) is 25.4 Å². The Balaban J connectivity index is 1.89. The summed E-state index contributed by atoms with van der Waals surface area (Å²) in [6, 6.07) is 9.23. The molecule has 0 aliphatic heterocycles. The summed E-state index contributed by atoms with van der Waals surface area (Å²) < 4.78 is 45.5. The number of nitrogens with zero attached hydrogens (tertiary/aromatic N) is 2. The number of anilines is 1. The molecule has 140 valence electrons. The highest BCUT2D eigenvalue weighted by molar-refractivity contribution is 7.93. The van der Waals surface area contributed by atoms with Crippen LogP contribution in [0.2, 0.25) is 0 Å². The number of rotatable bonds is 6. The van der Waals surface area contributed by atoms with E-state index in [1.807, 2.05) is 0 Å². The monoisotopic (exact) mass is 409 g/mol. The highest BCUT2D eigenvalue weighted by Crippen LogP contribution is 2.30. The van der Waals surface area contributed by atoms with Gasteiger partial charge in [-0.3, -0.25) is 14.8 Å². The van der Waals surface area contributed by atoms with E-state index in [-0.39, 0.29) is 5.13 Å². The maximum atomic E-state index is 13.2. The molecule has 0 atom stereocenters. The molecule has 2 aromatic carbocycles. The van der Waals surface area contributed by atoms with Crippen molar-refractivity contribution in [2.75, 3.05) is 11.8 Å². The van der Waals surface area contributed by atoms with Crippen LogP contribution in [0.4, 0.5) is 15.2 Å². The molecule has 0 saturated heterocycles. The summed E-state index contributed by atoms with van der Waals surface area (Å²) in [5.41, 5.74) is 0.411. The average molecular weight is 409 g/mol. The van der Waals surface area contributed by atoms with Crippen molar-refractivity contribution in [3.63, 3.8) is 0 Å². The van der Waals surface area contributed by atoms with Gasteiger partial charge in [0.25, 0.3) is 15.7 Å². The Morgan fingerprint density at radius 2 is 1.93 bits per heavy atom. The number of nitro benzene ring substituents is 1. The van der Waals surface area contributed by atoms with Crippen LogP contribution >= 0.6 is 11.3 Å². The van der Waals surface area contributed by atoms with Crippen molar-refractivity contribution in [2.45, 2.75) is 4.90 Å². The van der Waals surface area contributed by atoms with Gasteiger partial charge in [0.2, 0.25) is 0 Å². The summed E-state index contributed by atoms with van der Waals surface area (Å²) >= 11 is 1.02. The fourth-order valence-corrected chi connectivity index (χ4v) is 4.37. The number of sulfonamides is 1. The second-order valence-electron chi connectivity index (χ2n) is 5.24. The molecule has 0 radical (unpaired) electrons. The lowest BCUT2D eigenvalue weighted by molar-refractivity contribution is -0.388. The Morgan fingerprint density at radius 3 is 2.56 bits per heavy atom. The number of methoxy groups -OCH3 is 1. The van der Waals surface area contributed by atoms with E-state index in [2.05, 4.69) is 9.71 Å². The summed E-state index contributed by atoms with van der Waals surface area (Å²) in [5.74, 6) is -0.241. The fourth-order valence-electron chi connectivity index (χ4n) is 2.25. The molecule has 11 heteroatoms. The van der Waals surface area contributed by atoms with Gasteiger partial charge in [-0.2, -0.15) is 0 Å². The molecular weight excluding hydrogens is 397 g/mol. The lowest BCUT2D eigenvalue weighted by atomic mass is 10.2. The molecule has 8 nitrogen and oxygen atoms in total. The molecule has 0 aliphatic rings. The lowest BCUT2D eigenvalue weighted by Crippen LogP contribution is -2.14. The molecule has 0 spiro atoms. The Hall–Kier alpha value is -3.05. The normalized spacial score (nSPS) is 11.2. The van der Waals surface area contributed by atoms with Crippen LogP contribution in [-0.2, 0) is 10.0 Å². The highest BCUT2D eigenvalue weighted by Gasteiger charge is 2.27. The molecule has 1 heterocycles. The molecule has 0 amide bonds. The minimum absolute atomic E-state index is 0.0273. The molecule has 0 saturated carbocycles. The van der Waals surface area contributed by atoms with E-state index in [1.54, 1.807) is 36.8 Å². The first-order chi connectivity index (χ1) is 12.8. The van der Waals surface area contributed by atoms with Gasteiger partial charge in [-0.15, -0.1) is 11.3 Å². The van der Waals surface area contributed by atoms with Crippen molar-refractivity contribution in [3.05, 3.63) is 63.8 Å². The van der Waals surface area contributed by atoms with E-state index >= 15 is 0 Å². The van der Waals surface area contributed by atoms with E-state index < -0.39 is 31.3 Å². The summed E-state index contributed by atoms with van der Waals surface area (Å²) in [6.45, 7) is 0. The Kier molecular flexibility index (Phi) is 5.06. The first kappa shape index (κ1) is 18.7. The maximum Gasteiger partial charge on any atom is 0.292 e. The maximum absolute atomic E-state index is 13.2. The van der Waals surface area contributed by atoms with Crippen LogP contribution in [0.5, 0.6) is 5.75 Å². The third-order valence-corrected chi connectivity index (χ3v) is 5.79. The van der Waals surface area contributed by atoms with E-state index in [0.29, 0.717) is 17.5 Å². The predicted molar refractivity (Wildman–Crippen MR) is 98.0 cm³/mol. The molecule has 0 bridgehead atoms. The van der Waals surface area contributed by atoms with E-state index in [9.17, 15) is 22.9 Å². The third kappa shape index (κ3) is 4.04. The molecule has 0 fully saturated rings. The van der Waals surface area contributed by atoms with Gasteiger partial charge in [0.15, 0.2) is 10.0 Å². The van der Waals surface area contributed by atoms with Gasteiger partial charge in [0.1, 0.15) is 11.6 Å². The average Bonchev–Trinajstić information content (AvgIpc) is 3.09. The number of nitro groups is 1. The Morgan fingerprint density at radius 1 is 1.22 bits per heavy atom. The van der Waals surface area contributed by atoms with Crippen molar-refractivity contribution in [1.82, 2.24) is 4.98 Å². The number of hydrogen-bond donors (Lipinski definition) is 1. The second-order valence-corrected chi connectivity index (χ2v) is 7.75. The minimum atomic E-state index is -4.32. The van der Waals surface area contributed by atoms with Gasteiger partial charge in [0, 0.05) is 10.9 Å². The van der Waals surface area contributed by atoms with Gasteiger partial charge in [-0.25, -0.2) is 17.8 Å².